The summed E-state index contributed by atoms with van der Waals surface area (Å²) in [5.41, 5.74) is 3.45. The second-order valence-electron chi connectivity index (χ2n) is 4.63. The maximum Gasteiger partial charge on any atom is 0.193 e. The van der Waals surface area contributed by atoms with E-state index >= 15 is 0 Å². The van der Waals surface area contributed by atoms with Crippen molar-refractivity contribution in [1.82, 2.24) is 4.98 Å². The fourth-order valence-electron chi connectivity index (χ4n) is 2.31. The summed E-state index contributed by atoms with van der Waals surface area (Å²) in [6, 6.07) is 13.4. The number of benzene rings is 2. The fourth-order valence-corrected chi connectivity index (χ4v) is 3.47. The van der Waals surface area contributed by atoms with Gasteiger partial charge in [-0.05, 0) is 47.2 Å². The Morgan fingerprint density at radius 1 is 1.15 bits per heavy atom. The van der Waals surface area contributed by atoms with Crippen molar-refractivity contribution in [3.8, 4) is 11.3 Å². The number of hydrogen-bond acceptors (Lipinski definition) is 1. The molecule has 4 heteroatoms. The van der Waals surface area contributed by atoms with Crippen molar-refractivity contribution in [2.24, 2.45) is 0 Å². The Hall–Kier alpha value is -1.33. The van der Waals surface area contributed by atoms with Crippen LogP contribution in [0.3, 0.4) is 0 Å². The zero-order valence-electron chi connectivity index (χ0n) is 10.7. The molecule has 0 aliphatic heterocycles. The van der Waals surface area contributed by atoms with Gasteiger partial charge in [-0.1, -0.05) is 41.9 Å². The molecule has 1 aromatic heterocycles. The standard InChI is InChI=1S/C16H11ClINO/c1-9-14(10-5-3-2-4-6-10)19-15-12(16(9)20)7-11(17)8-13(15)18/h2-8H,1H3,(H,19,20). The van der Waals surface area contributed by atoms with Crippen LogP contribution >= 0.6 is 34.2 Å². The monoisotopic (exact) mass is 395 g/mol. The summed E-state index contributed by atoms with van der Waals surface area (Å²) in [7, 11) is 0. The van der Waals surface area contributed by atoms with E-state index < -0.39 is 0 Å². The molecule has 0 saturated carbocycles. The minimum Gasteiger partial charge on any atom is -0.353 e. The fraction of sp³-hybridized carbons (Fsp3) is 0.0625. The molecule has 0 aliphatic rings. The molecule has 100 valence electrons. The highest BCUT2D eigenvalue weighted by Gasteiger charge is 2.12. The van der Waals surface area contributed by atoms with Crippen LogP contribution in [-0.2, 0) is 0 Å². The Labute approximate surface area is 134 Å². The van der Waals surface area contributed by atoms with Crippen molar-refractivity contribution in [1.29, 1.82) is 0 Å². The molecule has 0 unspecified atom stereocenters. The van der Waals surface area contributed by atoms with Crippen LogP contribution in [0.1, 0.15) is 5.56 Å². The third-order valence-electron chi connectivity index (χ3n) is 3.33. The number of H-pyrrole nitrogens is 1. The average Bonchev–Trinajstić information content (AvgIpc) is 2.44. The largest absolute Gasteiger partial charge is 0.353 e. The van der Waals surface area contributed by atoms with Gasteiger partial charge in [-0.3, -0.25) is 4.79 Å². The Balaban J connectivity index is 2.42. The Morgan fingerprint density at radius 3 is 2.55 bits per heavy atom. The molecule has 3 aromatic rings. The summed E-state index contributed by atoms with van der Waals surface area (Å²) in [6.07, 6.45) is 0. The molecule has 0 atom stereocenters. The summed E-state index contributed by atoms with van der Waals surface area (Å²) in [5, 5.41) is 1.22. The zero-order valence-corrected chi connectivity index (χ0v) is 13.6. The zero-order chi connectivity index (χ0) is 14.3. The minimum atomic E-state index is 0.0259. The molecule has 0 saturated heterocycles. The van der Waals surface area contributed by atoms with Crippen LogP contribution in [0.4, 0.5) is 0 Å². The third kappa shape index (κ3) is 2.25. The van der Waals surface area contributed by atoms with Crippen molar-refractivity contribution >= 4 is 45.1 Å². The lowest BCUT2D eigenvalue weighted by atomic mass is 10.0. The summed E-state index contributed by atoms with van der Waals surface area (Å²) in [4.78, 5) is 15.9. The number of fused-ring (bicyclic) bond motifs is 1. The van der Waals surface area contributed by atoms with Gasteiger partial charge in [-0.2, -0.15) is 0 Å². The number of hydrogen-bond donors (Lipinski definition) is 1. The predicted octanol–water partition coefficient (Wildman–Crippen LogP) is 4.76. The number of pyridine rings is 1. The summed E-state index contributed by atoms with van der Waals surface area (Å²) in [6.45, 7) is 1.84. The second-order valence-corrected chi connectivity index (χ2v) is 6.23. The van der Waals surface area contributed by atoms with Crippen LogP contribution in [0.25, 0.3) is 22.2 Å². The van der Waals surface area contributed by atoms with Gasteiger partial charge in [0.15, 0.2) is 5.43 Å². The van der Waals surface area contributed by atoms with Gasteiger partial charge in [-0.25, -0.2) is 0 Å². The summed E-state index contributed by atoms with van der Waals surface area (Å²) < 4.78 is 0.944. The van der Waals surface area contributed by atoms with Gasteiger partial charge in [0.05, 0.1) is 11.2 Å². The van der Waals surface area contributed by atoms with E-state index in [4.69, 9.17) is 11.6 Å². The average molecular weight is 396 g/mol. The van der Waals surface area contributed by atoms with Gasteiger partial charge in [0, 0.05) is 19.5 Å². The van der Waals surface area contributed by atoms with Gasteiger partial charge in [0.25, 0.3) is 0 Å². The molecule has 1 N–H and O–H groups in total. The second kappa shape index (κ2) is 5.22. The molecule has 0 spiro atoms. The van der Waals surface area contributed by atoms with E-state index in [0.29, 0.717) is 16.0 Å². The van der Waals surface area contributed by atoms with Crippen molar-refractivity contribution in [3.05, 3.63) is 66.8 Å². The maximum atomic E-state index is 12.5. The molecular weight excluding hydrogens is 385 g/mol. The lowest BCUT2D eigenvalue weighted by molar-refractivity contribution is 1.29. The Kier molecular flexibility index (Phi) is 3.56. The molecule has 20 heavy (non-hydrogen) atoms. The number of halogens is 2. The van der Waals surface area contributed by atoms with Crippen LogP contribution in [0, 0.1) is 10.5 Å². The minimum absolute atomic E-state index is 0.0259. The predicted molar refractivity (Wildman–Crippen MR) is 92.5 cm³/mol. The molecule has 1 heterocycles. The molecular formula is C16H11ClINO. The topological polar surface area (TPSA) is 32.9 Å². The normalized spacial score (nSPS) is 10.9. The number of aromatic amines is 1. The van der Waals surface area contributed by atoms with E-state index in [1.165, 1.54) is 0 Å². The van der Waals surface area contributed by atoms with Crippen molar-refractivity contribution in [2.75, 3.05) is 0 Å². The van der Waals surface area contributed by atoms with Crippen molar-refractivity contribution in [2.45, 2.75) is 6.92 Å². The number of rotatable bonds is 1. The van der Waals surface area contributed by atoms with Gasteiger partial charge in [-0.15, -0.1) is 0 Å². The maximum absolute atomic E-state index is 12.5. The van der Waals surface area contributed by atoms with Gasteiger partial charge >= 0.3 is 0 Å². The first-order valence-electron chi connectivity index (χ1n) is 6.15. The van der Waals surface area contributed by atoms with Gasteiger partial charge < -0.3 is 4.98 Å². The van der Waals surface area contributed by atoms with Gasteiger partial charge in [0.1, 0.15) is 0 Å². The van der Waals surface area contributed by atoms with Crippen LogP contribution in [0.15, 0.2) is 47.3 Å². The Morgan fingerprint density at radius 2 is 1.85 bits per heavy atom. The van der Waals surface area contributed by atoms with E-state index in [-0.39, 0.29) is 5.43 Å². The molecule has 0 aliphatic carbocycles. The highest BCUT2D eigenvalue weighted by molar-refractivity contribution is 14.1. The first-order chi connectivity index (χ1) is 9.58. The first-order valence-corrected chi connectivity index (χ1v) is 7.60. The number of nitrogens with one attached hydrogen (secondary N) is 1. The SMILES string of the molecule is Cc1c(-c2ccccc2)[nH]c2c(I)cc(Cl)cc2c1=O. The van der Waals surface area contributed by atoms with E-state index in [2.05, 4.69) is 27.6 Å². The van der Waals surface area contributed by atoms with Crippen LogP contribution in [0.5, 0.6) is 0 Å². The molecule has 0 amide bonds. The van der Waals surface area contributed by atoms with Crippen molar-refractivity contribution < 1.29 is 0 Å². The Bertz CT molecular complexity index is 856. The van der Waals surface area contributed by atoms with E-state index in [1.807, 2.05) is 43.3 Å². The quantitative estimate of drug-likeness (QED) is 0.592. The molecule has 3 rings (SSSR count). The third-order valence-corrected chi connectivity index (χ3v) is 4.40. The first kappa shape index (κ1) is 13.6. The molecule has 2 nitrogen and oxygen atoms in total. The molecule has 0 bridgehead atoms. The van der Waals surface area contributed by atoms with Crippen LogP contribution < -0.4 is 5.43 Å². The lowest BCUT2D eigenvalue weighted by Gasteiger charge is -2.10. The van der Waals surface area contributed by atoms with E-state index in [9.17, 15) is 4.79 Å². The summed E-state index contributed by atoms with van der Waals surface area (Å²) in [5.74, 6) is 0. The summed E-state index contributed by atoms with van der Waals surface area (Å²) >= 11 is 8.24. The highest BCUT2D eigenvalue weighted by atomic mass is 127. The van der Waals surface area contributed by atoms with E-state index in [1.54, 1.807) is 6.07 Å². The number of aromatic nitrogens is 1. The van der Waals surface area contributed by atoms with Gasteiger partial charge in [0.2, 0.25) is 0 Å². The smallest absolute Gasteiger partial charge is 0.193 e. The molecule has 0 radical (unpaired) electrons. The molecule has 2 aromatic carbocycles. The molecule has 0 fully saturated rings. The van der Waals surface area contributed by atoms with Crippen LogP contribution in [-0.4, -0.2) is 4.98 Å². The van der Waals surface area contributed by atoms with Crippen molar-refractivity contribution in [3.63, 3.8) is 0 Å². The van der Waals surface area contributed by atoms with E-state index in [0.717, 1.165) is 20.3 Å². The highest BCUT2D eigenvalue weighted by Crippen LogP contribution is 2.26. The van der Waals surface area contributed by atoms with Crippen LogP contribution in [0.2, 0.25) is 5.02 Å². The lowest BCUT2D eigenvalue weighted by Crippen LogP contribution is -2.10.